The molecule has 0 unspecified atom stereocenters. The predicted octanol–water partition coefficient (Wildman–Crippen LogP) is 8.99. The largest absolute Gasteiger partial charge is 0.478 e. The van der Waals surface area contributed by atoms with Crippen LogP contribution in [0.1, 0.15) is 51.8 Å². The molecule has 6 nitrogen and oxygen atoms in total. The Morgan fingerprint density at radius 2 is 0.636 bits per heavy atom. The van der Waals surface area contributed by atoms with Crippen LogP contribution in [0.25, 0.3) is 32.3 Å². The molecule has 3 N–H and O–H groups in total. The van der Waals surface area contributed by atoms with Crippen molar-refractivity contribution in [3.8, 4) is 0 Å². The summed E-state index contributed by atoms with van der Waals surface area (Å²) < 4.78 is 0.590. The Labute approximate surface area is 269 Å². The van der Waals surface area contributed by atoms with Gasteiger partial charge in [0.15, 0.2) is 0 Å². The van der Waals surface area contributed by atoms with E-state index in [1.54, 1.807) is 58.9 Å². The molecule has 0 amide bonds. The zero-order chi connectivity index (χ0) is 32.3. The van der Waals surface area contributed by atoms with Crippen LogP contribution in [0.2, 0.25) is 3.43 Å². The van der Waals surface area contributed by atoms with E-state index in [9.17, 15) is 14.4 Å². The Morgan fingerprint density at radius 1 is 0.432 bits per heavy atom. The molecule has 0 bridgehead atoms. The molecule has 44 heavy (non-hydrogen) atoms. The van der Waals surface area contributed by atoms with Gasteiger partial charge in [-0.25, -0.2) is 14.4 Å². The second-order valence-electron chi connectivity index (χ2n) is 10.7. The van der Waals surface area contributed by atoms with Crippen molar-refractivity contribution >= 4 is 72.8 Å². The number of fused-ring (bicyclic) bond motifs is 3. The maximum Gasteiger partial charge on any atom is 0.336 e. The van der Waals surface area contributed by atoms with Crippen LogP contribution in [-0.4, -0.2) is 55.8 Å². The molecule has 0 saturated heterocycles. The fourth-order valence-corrected chi connectivity index (χ4v) is 4.24. The number of carboxylic acid groups (broad SMARTS) is 3. The van der Waals surface area contributed by atoms with Crippen LogP contribution in [0, 0.1) is 0 Å². The number of aromatic carboxylic acids is 3. The Hall–Kier alpha value is -4.69. The molecule has 0 aromatic heterocycles. The summed E-state index contributed by atoms with van der Waals surface area (Å²) >= 11 is 1.62. The van der Waals surface area contributed by atoms with Gasteiger partial charge in [-0.3, -0.25) is 0 Å². The van der Waals surface area contributed by atoms with Crippen molar-refractivity contribution in [1.29, 1.82) is 0 Å². The Morgan fingerprint density at radius 3 is 0.864 bits per heavy atom. The molecular formula is C37H33O6Sn. The van der Waals surface area contributed by atoms with Crippen LogP contribution in [0.3, 0.4) is 0 Å². The molecule has 0 aliphatic heterocycles. The van der Waals surface area contributed by atoms with Crippen LogP contribution < -0.4 is 0 Å². The van der Waals surface area contributed by atoms with Crippen molar-refractivity contribution in [2.75, 3.05) is 0 Å². The van der Waals surface area contributed by atoms with Crippen molar-refractivity contribution in [1.82, 2.24) is 0 Å². The smallest absolute Gasteiger partial charge is 0.336 e. The predicted molar refractivity (Wildman–Crippen MR) is 178 cm³/mol. The van der Waals surface area contributed by atoms with E-state index in [1.165, 1.54) is 0 Å². The Balaban J connectivity index is 0.000000168. The number of hydrogen-bond acceptors (Lipinski definition) is 3. The minimum absolute atomic E-state index is 0.359. The zero-order valence-corrected chi connectivity index (χ0v) is 27.5. The van der Waals surface area contributed by atoms with Crippen LogP contribution in [0.15, 0.2) is 127 Å². The van der Waals surface area contributed by atoms with Crippen LogP contribution in [0.5, 0.6) is 0 Å². The Kier molecular flexibility index (Phi) is 12.1. The summed E-state index contributed by atoms with van der Waals surface area (Å²) in [6.45, 7) is 6.68. The minimum Gasteiger partial charge on any atom is -0.478 e. The molecule has 7 heteroatoms. The van der Waals surface area contributed by atoms with Gasteiger partial charge >= 0.3 is 64.6 Å². The normalized spacial score (nSPS) is 10.4. The molecule has 0 spiro atoms. The quantitative estimate of drug-likeness (QED) is 0.160. The third-order valence-electron chi connectivity index (χ3n) is 6.06. The van der Waals surface area contributed by atoms with Crippen LogP contribution in [0.4, 0.5) is 0 Å². The molecule has 6 aromatic rings. The van der Waals surface area contributed by atoms with E-state index in [2.05, 4.69) is 20.8 Å². The monoisotopic (exact) mass is 693 g/mol. The summed E-state index contributed by atoms with van der Waals surface area (Å²) in [5.41, 5.74) is 1.08. The summed E-state index contributed by atoms with van der Waals surface area (Å²) in [5.74, 6) is -2.63. The molecule has 3 radical (unpaired) electrons. The minimum atomic E-state index is -0.878. The van der Waals surface area contributed by atoms with E-state index < -0.39 is 17.9 Å². The average Bonchev–Trinajstić information content (AvgIpc) is 3.00. The summed E-state index contributed by atoms with van der Waals surface area (Å²) in [4.78, 5) is 32.4. The van der Waals surface area contributed by atoms with E-state index in [-0.39, 0.29) is 0 Å². The number of carbonyl (C=O) groups is 3. The van der Waals surface area contributed by atoms with E-state index in [0.717, 1.165) is 32.3 Å². The second-order valence-corrected chi connectivity index (χ2v) is 15.0. The number of rotatable bonds is 3. The van der Waals surface area contributed by atoms with Gasteiger partial charge in [-0.2, -0.15) is 0 Å². The fraction of sp³-hybridized carbons (Fsp3) is 0.108. The molecule has 221 valence electrons. The maximum absolute atomic E-state index is 10.8. The molecule has 0 aliphatic rings. The van der Waals surface area contributed by atoms with Crippen molar-refractivity contribution in [2.45, 2.75) is 24.2 Å². The van der Waals surface area contributed by atoms with Gasteiger partial charge in [0.25, 0.3) is 0 Å². The van der Waals surface area contributed by atoms with E-state index in [0.29, 0.717) is 20.1 Å². The molecule has 0 fully saturated rings. The standard InChI is InChI=1S/3C11H8O2.C4H9.Sn/c3*12-11(13)10-7-3-5-8-4-1-2-6-9(8)10;1-4(2)3;/h3*1-7H,(H,12,13);1-3H3;. The van der Waals surface area contributed by atoms with E-state index >= 15 is 0 Å². The average molecular weight is 692 g/mol. The van der Waals surface area contributed by atoms with Gasteiger partial charge in [-0.05, 0) is 50.5 Å². The van der Waals surface area contributed by atoms with Crippen LogP contribution >= 0.6 is 0 Å². The molecule has 0 saturated carbocycles. The SMILES string of the molecule is C[C](C)(C)[Sn].O=C(O)c1cccc2ccccc12.O=C(O)c1cccc2ccccc12.O=C(O)c1cccc2ccccc12. The first-order valence-electron chi connectivity index (χ1n) is 13.7. The maximum atomic E-state index is 10.8. The molecule has 0 atom stereocenters. The fourth-order valence-electron chi connectivity index (χ4n) is 4.24. The Bertz CT molecular complexity index is 1670. The summed E-state index contributed by atoms with van der Waals surface area (Å²) in [5, 5.41) is 31.9. The van der Waals surface area contributed by atoms with Gasteiger partial charge in [-0.1, -0.05) is 109 Å². The van der Waals surface area contributed by atoms with Gasteiger partial charge in [0, 0.05) is 0 Å². The third kappa shape index (κ3) is 9.95. The number of benzene rings is 6. The topological polar surface area (TPSA) is 112 Å². The molecule has 6 rings (SSSR count). The summed E-state index contributed by atoms with van der Waals surface area (Å²) in [6, 6.07) is 38.2. The first-order valence-corrected chi connectivity index (χ1v) is 15.2. The molecule has 6 aromatic carbocycles. The summed E-state index contributed by atoms with van der Waals surface area (Å²) in [6.07, 6.45) is 0. The zero-order valence-electron chi connectivity index (χ0n) is 24.7. The third-order valence-corrected chi connectivity index (χ3v) is 6.06. The first-order chi connectivity index (χ1) is 20.9. The molecule has 0 heterocycles. The number of carboxylic acids is 3. The van der Waals surface area contributed by atoms with Gasteiger partial charge in [0.2, 0.25) is 0 Å². The van der Waals surface area contributed by atoms with Crippen molar-refractivity contribution < 1.29 is 29.7 Å². The van der Waals surface area contributed by atoms with Crippen molar-refractivity contribution in [3.05, 3.63) is 144 Å². The second kappa shape index (κ2) is 15.7. The van der Waals surface area contributed by atoms with Gasteiger partial charge < -0.3 is 15.3 Å². The van der Waals surface area contributed by atoms with E-state index in [1.807, 2.05) is 91.0 Å². The van der Waals surface area contributed by atoms with Gasteiger partial charge in [0.05, 0.1) is 16.7 Å². The molecular weight excluding hydrogens is 659 g/mol. The summed E-state index contributed by atoms with van der Waals surface area (Å²) in [7, 11) is 0. The van der Waals surface area contributed by atoms with Gasteiger partial charge in [-0.15, -0.1) is 0 Å². The van der Waals surface area contributed by atoms with Crippen LogP contribution in [-0.2, 0) is 0 Å². The van der Waals surface area contributed by atoms with Gasteiger partial charge in [0.1, 0.15) is 0 Å². The van der Waals surface area contributed by atoms with Crippen molar-refractivity contribution in [3.63, 3.8) is 0 Å². The molecule has 0 aliphatic carbocycles. The van der Waals surface area contributed by atoms with Crippen molar-refractivity contribution in [2.24, 2.45) is 0 Å². The van der Waals surface area contributed by atoms with E-state index in [4.69, 9.17) is 15.3 Å². The number of hydrogen-bond donors (Lipinski definition) is 3. The first kappa shape index (κ1) is 33.8.